The average molecular weight is 197 g/mol. The van der Waals surface area contributed by atoms with Crippen molar-refractivity contribution in [3.05, 3.63) is 0 Å². The van der Waals surface area contributed by atoms with Crippen LogP contribution in [0.5, 0.6) is 0 Å². The van der Waals surface area contributed by atoms with E-state index in [0.29, 0.717) is 0 Å². The van der Waals surface area contributed by atoms with E-state index >= 15 is 0 Å². The number of hydrogen-bond acceptors (Lipinski definition) is 3. The highest BCUT2D eigenvalue weighted by Gasteiger charge is 2.27. The van der Waals surface area contributed by atoms with Crippen molar-refractivity contribution in [2.24, 2.45) is 0 Å². The van der Waals surface area contributed by atoms with E-state index in [-0.39, 0.29) is 0 Å². The van der Waals surface area contributed by atoms with Gasteiger partial charge < -0.3 is 15.1 Å². The van der Waals surface area contributed by atoms with Gasteiger partial charge in [-0.3, -0.25) is 0 Å². The Labute approximate surface area is 87.4 Å². The summed E-state index contributed by atoms with van der Waals surface area (Å²) in [6, 6.07) is 1.59. The molecule has 0 amide bonds. The second-order valence-corrected chi connectivity index (χ2v) is 4.85. The molecule has 0 saturated carbocycles. The highest BCUT2D eigenvalue weighted by molar-refractivity contribution is 4.85. The first-order valence-electron chi connectivity index (χ1n) is 5.88. The Balaban J connectivity index is 1.83. The monoisotopic (exact) mass is 197 g/mol. The van der Waals surface area contributed by atoms with Gasteiger partial charge in [0.15, 0.2) is 0 Å². The van der Waals surface area contributed by atoms with Crippen molar-refractivity contribution in [2.75, 3.05) is 40.3 Å². The fourth-order valence-corrected chi connectivity index (χ4v) is 2.72. The van der Waals surface area contributed by atoms with Gasteiger partial charge in [-0.1, -0.05) is 0 Å². The predicted octanol–water partition coefficient (Wildman–Crippen LogP) is 0.374. The van der Waals surface area contributed by atoms with E-state index in [1.54, 1.807) is 0 Å². The lowest BCUT2D eigenvalue weighted by atomic mass is 10.0. The van der Waals surface area contributed by atoms with Crippen molar-refractivity contribution in [1.29, 1.82) is 0 Å². The molecule has 2 aliphatic rings. The largest absolute Gasteiger partial charge is 0.314 e. The Morgan fingerprint density at radius 3 is 2.57 bits per heavy atom. The van der Waals surface area contributed by atoms with Crippen LogP contribution >= 0.6 is 0 Å². The lowest BCUT2D eigenvalue weighted by Crippen LogP contribution is -2.51. The van der Waals surface area contributed by atoms with Gasteiger partial charge in [0, 0.05) is 31.7 Å². The van der Waals surface area contributed by atoms with E-state index in [1.807, 2.05) is 0 Å². The van der Waals surface area contributed by atoms with Crippen LogP contribution in [0.4, 0.5) is 0 Å². The molecule has 0 spiro atoms. The van der Waals surface area contributed by atoms with Crippen LogP contribution in [0.2, 0.25) is 0 Å². The zero-order valence-corrected chi connectivity index (χ0v) is 9.50. The van der Waals surface area contributed by atoms with Crippen LogP contribution in [0, 0.1) is 0 Å². The van der Waals surface area contributed by atoms with Crippen molar-refractivity contribution in [3.63, 3.8) is 0 Å². The Hall–Kier alpha value is -0.120. The molecule has 2 saturated heterocycles. The maximum absolute atomic E-state index is 3.49. The molecule has 0 aromatic heterocycles. The van der Waals surface area contributed by atoms with Crippen molar-refractivity contribution in [3.8, 4) is 0 Å². The summed E-state index contributed by atoms with van der Waals surface area (Å²) in [6.07, 6.45) is 4.14. The summed E-state index contributed by atoms with van der Waals surface area (Å²) in [5.74, 6) is 0. The van der Waals surface area contributed by atoms with Crippen LogP contribution in [-0.4, -0.2) is 62.2 Å². The van der Waals surface area contributed by atoms with E-state index in [9.17, 15) is 0 Å². The minimum atomic E-state index is 0.759. The topological polar surface area (TPSA) is 18.5 Å². The molecular formula is C11H23N3. The summed E-state index contributed by atoms with van der Waals surface area (Å²) >= 11 is 0. The zero-order valence-electron chi connectivity index (χ0n) is 9.50. The van der Waals surface area contributed by atoms with Gasteiger partial charge in [0.05, 0.1) is 0 Å². The third-order valence-corrected chi connectivity index (χ3v) is 3.86. The predicted molar refractivity (Wildman–Crippen MR) is 59.6 cm³/mol. The zero-order chi connectivity index (χ0) is 9.97. The number of hydrogen-bond donors (Lipinski definition) is 1. The van der Waals surface area contributed by atoms with Gasteiger partial charge in [-0.05, 0) is 39.9 Å². The van der Waals surface area contributed by atoms with Gasteiger partial charge in [0.1, 0.15) is 0 Å². The maximum Gasteiger partial charge on any atom is 0.0233 e. The summed E-state index contributed by atoms with van der Waals surface area (Å²) in [7, 11) is 4.54. The number of nitrogens with zero attached hydrogens (tertiary/aromatic N) is 2. The first-order valence-corrected chi connectivity index (χ1v) is 5.88. The fourth-order valence-electron chi connectivity index (χ4n) is 2.72. The first-order chi connectivity index (χ1) is 6.77. The van der Waals surface area contributed by atoms with Gasteiger partial charge in [-0.2, -0.15) is 0 Å². The molecule has 2 fully saturated rings. The molecule has 0 radical (unpaired) electrons. The average Bonchev–Trinajstić information content (AvgIpc) is 2.56. The number of nitrogens with one attached hydrogen (secondary N) is 1. The molecule has 3 heteroatoms. The molecule has 2 aliphatic heterocycles. The van der Waals surface area contributed by atoms with Crippen LogP contribution in [0.1, 0.15) is 19.3 Å². The fraction of sp³-hybridized carbons (Fsp3) is 1.00. The standard InChI is InChI=1S/C11H23N3/c1-13-6-3-4-10(13)8-11-9-12-5-7-14(11)2/h10-12H,3-9H2,1-2H3. The van der Waals surface area contributed by atoms with Gasteiger partial charge >= 0.3 is 0 Å². The number of piperazine rings is 1. The van der Waals surface area contributed by atoms with E-state index < -0.39 is 0 Å². The van der Waals surface area contributed by atoms with E-state index in [0.717, 1.165) is 18.6 Å². The molecule has 0 aromatic carbocycles. The van der Waals surface area contributed by atoms with Crippen molar-refractivity contribution in [1.82, 2.24) is 15.1 Å². The van der Waals surface area contributed by atoms with Crippen molar-refractivity contribution >= 4 is 0 Å². The van der Waals surface area contributed by atoms with E-state index in [2.05, 4.69) is 29.2 Å². The summed E-state index contributed by atoms with van der Waals surface area (Å²) < 4.78 is 0. The maximum atomic E-state index is 3.49. The first kappa shape index (κ1) is 10.4. The van der Waals surface area contributed by atoms with Gasteiger partial charge in [-0.15, -0.1) is 0 Å². The Kier molecular flexibility index (Phi) is 3.42. The minimum absolute atomic E-state index is 0.759. The van der Waals surface area contributed by atoms with Crippen LogP contribution in [0.15, 0.2) is 0 Å². The molecule has 82 valence electrons. The van der Waals surface area contributed by atoms with Gasteiger partial charge in [-0.25, -0.2) is 0 Å². The van der Waals surface area contributed by atoms with Crippen LogP contribution in [0.3, 0.4) is 0 Å². The highest BCUT2D eigenvalue weighted by atomic mass is 15.2. The summed E-state index contributed by atoms with van der Waals surface area (Å²) in [5, 5.41) is 3.49. The molecule has 14 heavy (non-hydrogen) atoms. The molecule has 0 aromatic rings. The van der Waals surface area contributed by atoms with Crippen molar-refractivity contribution < 1.29 is 0 Å². The second-order valence-electron chi connectivity index (χ2n) is 4.85. The molecule has 2 rings (SSSR count). The Bertz CT molecular complexity index is 183. The summed E-state index contributed by atoms with van der Waals surface area (Å²) in [5.41, 5.74) is 0. The SMILES string of the molecule is CN1CCCC1CC1CNCCN1C. The Morgan fingerprint density at radius 1 is 1.14 bits per heavy atom. The van der Waals surface area contributed by atoms with Crippen LogP contribution in [0.25, 0.3) is 0 Å². The van der Waals surface area contributed by atoms with E-state index in [1.165, 1.54) is 38.9 Å². The summed E-state index contributed by atoms with van der Waals surface area (Å²) in [6.45, 7) is 4.85. The molecule has 3 nitrogen and oxygen atoms in total. The van der Waals surface area contributed by atoms with Crippen LogP contribution in [-0.2, 0) is 0 Å². The number of rotatable bonds is 2. The molecule has 2 unspecified atom stereocenters. The third-order valence-electron chi connectivity index (χ3n) is 3.86. The quantitative estimate of drug-likeness (QED) is 0.690. The third kappa shape index (κ3) is 2.27. The van der Waals surface area contributed by atoms with E-state index in [4.69, 9.17) is 0 Å². The molecule has 2 atom stereocenters. The molecule has 0 bridgehead atoms. The van der Waals surface area contributed by atoms with Crippen LogP contribution < -0.4 is 5.32 Å². The lowest BCUT2D eigenvalue weighted by Gasteiger charge is -2.36. The Morgan fingerprint density at radius 2 is 1.93 bits per heavy atom. The number of likely N-dealkylation sites (tertiary alicyclic amines) is 1. The highest BCUT2D eigenvalue weighted by Crippen LogP contribution is 2.21. The van der Waals surface area contributed by atoms with Gasteiger partial charge in [0.25, 0.3) is 0 Å². The lowest BCUT2D eigenvalue weighted by molar-refractivity contribution is 0.155. The number of likely N-dealkylation sites (N-methyl/N-ethyl adjacent to an activating group) is 1. The molecule has 1 N–H and O–H groups in total. The summed E-state index contributed by atoms with van der Waals surface area (Å²) in [4.78, 5) is 5.05. The molecular weight excluding hydrogens is 174 g/mol. The molecule has 2 heterocycles. The molecule has 0 aliphatic carbocycles. The van der Waals surface area contributed by atoms with Crippen molar-refractivity contribution in [2.45, 2.75) is 31.3 Å². The normalized spacial score (nSPS) is 36.4. The van der Waals surface area contributed by atoms with Gasteiger partial charge in [0.2, 0.25) is 0 Å². The smallest absolute Gasteiger partial charge is 0.0233 e. The minimum Gasteiger partial charge on any atom is -0.314 e. The second kappa shape index (κ2) is 4.60.